The summed E-state index contributed by atoms with van der Waals surface area (Å²) < 4.78 is 2.54. The van der Waals surface area contributed by atoms with Gasteiger partial charge in [-0.3, -0.25) is 4.99 Å². The summed E-state index contributed by atoms with van der Waals surface area (Å²) in [6, 6.07) is 0. The number of hydrogen-bond donors (Lipinski definition) is 2. The van der Waals surface area contributed by atoms with Crippen molar-refractivity contribution in [2.45, 2.75) is 63.7 Å². The Bertz CT molecular complexity index is 537. The van der Waals surface area contributed by atoms with Gasteiger partial charge in [-0.1, -0.05) is 6.42 Å². The second kappa shape index (κ2) is 9.30. The maximum atomic E-state index is 4.39. The summed E-state index contributed by atoms with van der Waals surface area (Å²) in [6.07, 6.45) is 9.01. The van der Waals surface area contributed by atoms with E-state index < -0.39 is 0 Å². The number of nitrogens with zero attached hydrogens (tertiary/aromatic N) is 4. The molecule has 0 unspecified atom stereocenters. The van der Waals surface area contributed by atoms with Crippen LogP contribution in [-0.2, 0) is 19.4 Å². The normalized spacial score (nSPS) is 15.8. The number of thioether (sulfide) groups is 1. The van der Waals surface area contributed by atoms with E-state index in [1.807, 2.05) is 18.8 Å². The molecule has 1 aliphatic rings. The zero-order valence-electron chi connectivity index (χ0n) is 15.6. The first-order valence-electron chi connectivity index (χ1n) is 8.96. The average Bonchev–Trinajstić information content (AvgIpc) is 2.80. The molecular weight excluding hydrogens is 320 g/mol. The van der Waals surface area contributed by atoms with Crippen LogP contribution in [-0.4, -0.2) is 51.9 Å². The number of fused-ring (bicyclic) bond motifs is 1. The number of hydrogen-bond acceptors (Lipinski definition) is 4. The second-order valence-corrected chi connectivity index (χ2v) is 8.43. The predicted octanol–water partition coefficient (Wildman–Crippen LogP) is 2.24. The van der Waals surface area contributed by atoms with Crippen LogP contribution in [0.25, 0.3) is 0 Å². The summed E-state index contributed by atoms with van der Waals surface area (Å²) in [5.74, 6) is 3.18. The predicted molar refractivity (Wildman–Crippen MR) is 103 cm³/mol. The summed E-state index contributed by atoms with van der Waals surface area (Å²) in [5.41, 5.74) is 0. The van der Waals surface area contributed by atoms with Gasteiger partial charge < -0.3 is 15.2 Å². The highest BCUT2D eigenvalue weighted by atomic mass is 32.2. The summed E-state index contributed by atoms with van der Waals surface area (Å²) >= 11 is 1.86. The van der Waals surface area contributed by atoms with Gasteiger partial charge in [0.15, 0.2) is 5.96 Å². The third-order valence-electron chi connectivity index (χ3n) is 4.51. The molecule has 136 valence electrons. The quantitative estimate of drug-likeness (QED) is 0.447. The fourth-order valence-electron chi connectivity index (χ4n) is 2.77. The van der Waals surface area contributed by atoms with Gasteiger partial charge in [0.1, 0.15) is 11.6 Å². The van der Waals surface area contributed by atoms with Gasteiger partial charge in [0.05, 0.1) is 0 Å². The maximum absolute atomic E-state index is 4.39. The number of nitrogens with one attached hydrogen (secondary N) is 2. The van der Waals surface area contributed by atoms with Crippen molar-refractivity contribution in [1.82, 2.24) is 25.4 Å². The topological polar surface area (TPSA) is 67.1 Å². The molecule has 0 saturated carbocycles. The number of aryl methyl sites for hydroxylation is 2. The standard InChI is InChI=1S/C17H32N6S/c1-17(2,24-4)13-20-16(18-3)19-11-8-10-15-22-21-14-9-6-5-7-12-23(14)15/h5-13H2,1-4H3,(H2,18,19,20). The molecule has 0 aromatic carbocycles. The lowest BCUT2D eigenvalue weighted by atomic mass is 10.2. The van der Waals surface area contributed by atoms with Gasteiger partial charge in [-0.05, 0) is 39.4 Å². The Labute approximate surface area is 150 Å². The molecule has 0 saturated heterocycles. The van der Waals surface area contributed by atoms with Crippen molar-refractivity contribution >= 4 is 17.7 Å². The molecule has 2 N–H and O–H groups in total. The summed E-state index contributed by atoms with van der Waals surface area (Å²) in [6.45, 7) is 7.33. The minimum absolute atomic E-state index is 0.205. The van der Waals surface area contributed by atoms with Gasteiger partial charge in [-0.2, -0.15) is 11.8 Å². The summed E-state index contributed by atoms with van der Waals surface area (Å²) in [4.78, 5) is 4.29. The first kappa shape index (κ1) is 19.1. The summed E-state index contributed by atoms with van der Waals surface area (Å²) in [7, 11) is 1.82. The maximum Gasteiger partial charge on any atom is 0.191 e. The van der Waals surface area contributed by atoms with E-state index in [4.69, 9.17) is 0 Å². The van der Waals surface area contributed by atoms with Crippen LogP contribution in [0.2, 0.25) is 0 Å². The van der Waals surface area contributed by atoms with Crippen molar-refractivity contribution in [3.8, 4) is 0 Å². The van der Waals surface area contributed by atoms with Crippen molar-refractivity contribution in [1.29, 1.82) is 0 Å². The highest BCUT2D eigenvalue weighted by molar-refractivity contribution is 7.99. The van der Waals surface area contributed by atoms with E-state index in [1.165, 1.54) is 25.1 Å². The fourth-order valence-corrected chi connectivity index (χ4v) is 2.99. The van der Waals surface area contributed by atoms with Crippen LogP contribution >= 0.6 is 11.8 Å². The first-order valence-corrected chi connectivity index (χ1v) is 10.2. The molecule has 24 heavy (non-hydrogen) atoms. The van der Waals surface area contributed by atoms with Crippen molar-refractivity contribution in [3.63, 3.8) is 0 Å². The molecule has 0 radical (unpaired) electrons. The molecular formula is C17H32N6S. The molecule has 7 heteroatoms. The second-order valence-electron chi connectivity index (χ2n) is 6.91. The smallest absolute Gasteiger partial charge is 0.191 e. The Morgan fingerprint density at radius 3 is 2.83 bits per heavy atom. The van der Waals surface area contributed by atoms with Crippen LogP contribution in [0.3, 0.4) is 0 Å². The average molecular weight is 353 g/mol. The van der Waals surface area contributed by atoms with E-state index in [9.17, 15) is 0 Å². The fraction of sp³-hybridized carbons (Fsp3) is 0.824. The van der Waals surface area contributed by atoms with Gasteiger partial charge in [-0.25, -0.2) is 0 Å². The van der Waals surface area contributed by atoms with E-state index in [1.54, 1.807) is 0 Å². The number of rotatable bonds is 7. The van der Waals surface area contributed by atoms with Gasteiger partial charge >= 0.3 is 0 Å². The molecule has 2 heterocycles. The minimum atomic E-state index is 0.205. The third-order valence-corrected chi connectivity index (χ3v) is 5.76. The van der Waals surface area contributed by atoms with Crippen LogP contribution in [0, 0.1) is 0 Å². The summed E-state index contributed by atoms with van der Waals surface area (Å²) in [5, 5.41) is 15.5. The molecule has 0 fully saturated rings. The van der Waals surface area contributed by atoms with Crippen molar-refractivity contribution in [3.05, 3.63) is 11.6 Å². The Morgan fingerprint density at radius 1 is 1.25 bits per heavy atom. The Kier molecular flexibility index (Phi) is 7.40. The zero-order valence-corrected chi connectivity index (χ0v) is 16.4. The Morgan fingerprint density at radius 2 is 2.08 bits per heavy atom. The minimum Gasteiger partial charge on any atom is -0.356 e. The van der Waals surface area contributed by atoms with Gasteiger partial charge in [0, 0.05) is 44.3 Å². The first-order chi connectivity index (χ1) is 11.6. The molecule has 0 aliphatic carbocycles. The lowest BCUT2D eigenvalue weighted by Crippen LogP contribution is -2.43. The van der Waals surface area contributed by atoms with E-state index >= 15 is 0 Å². The van der Waals surface area contributed by atoms with Crippen LogP contribution in [0.1, 0.15) is 51.2 Å². The third kappa shape index (κ3) is 5.69. The van der Waals surface area contributed by atoms with Gasteiger partial charge in [0.25, 0.3) is 0 Å². The SMILES string of the molecule is CN=C(NCCCc1nnc2n1CCCCC2)NCC(C)(C)SC. The van der Waals surface area contributed by atoms with Gasteiger partial charge in [0.2, 0.25) is 0 Å². The number of aliphatic imine (C=N–C) groups is 1. The van der Waals surface area contributed by atoms with Crippen molar-refractivity contribution < 1.29 is 0 Å². The van der Waals surface area contributed by atoms with E-state index in [2.05, 4.69) is 50.5 Å². The zero-order chi connectivity index (χ0) is 17.4. The van der Waals surface area contributed by atoms with Crippen LogP contribution in [0.15, 0.2) is 4.99 Å². The van der Waals surface area contributed by atoms with E-state index in [0.717, 1.165) is 50.7 Å². The molecule has 0 atom stereocenters. The van der Waals surface area contributed by atoms with Gasteiger partial charge in [-0.15, -0.1) is 10.2 Å². The molecule has 0 bridgehead atoms. The number of guanidine groups is 1. The monoisotopic (exact) mass is 352 g/mol. The molecule has 1 aromatic heterocycles. The Hall–Kier alpha value is -1.24. The van der Waals surface area contributed by atoms with Crippen LogP contribution in [0.4, 0.5) is 0 Å². The molecule has 6 nitrogen and oxygen atoms in total. The lowest BCUT2D eigenvalue weighted by molar-refractivity contribution is 0.593. The molecule has 1 aliphatic heterocycles. The van der Waals surface area contributed by atoms with E-state index in [-0.39, 0.29) is 4.75 Å². The molecule has 0 amide bonds. The molecule has 0 spiro atoms. The van der Waals surface area contributed by atoms with Crippen molar-refractivity contribution in [2.75, 3.05) is 26.4 Å². The number of aromatic nitrogens is 3. The van der Waals surface area contributed by atoms with E-state index in [0.29, 0.717) is 0 Å². The molecule has 1 aromatic rings. The Balaban J connectivity index is 1.73. The highest BCUT2D eigenvalue weighted by Crippen LogP contribution is 2.19. The lowest BCUT2D eigenvalue weighted by Gasteiger charge is -2.23. The van der Waals surface area contributed by atoms with Crippen LogP contribution < -0.4 is 10.6 Å². The van der Waals surface area contributed by atoms with Crippen LogP contribution in [0.5, 0.6) is 0 Å². The van der Waals surface area contributed by atoms with Crippen molar-refractivity contribution in [2.24, 2.45) is 4.99 Å². The highest BCUT2D eigenvalue weighted by Gasteiger charge is 2.16. The molecule has 2 rings (SSSR count). The largest absolute Gasteiger partial charge is 0.356 e.